The first kappa shape index (κ1) is 17.1. The largest absolute Gasteiger partial charge is 0.319 e. The molecule has 0 unspecified atom stereocenters. The van der Waals surface area contributed by atoms with Crippen molar-refractivity contribution in [2.45, 2.75) is 19.4 Å². The average molecular weight is 324 g/mol. The first-order chi connectivity index (χ1) is 10.3. The van der Waals surface area contributed by atoms with Gasteiger partial charge in [0.15, 0.2) is 0 Å². The van der Waals surface area contributed by atoms with Crippen LogP contribution in [0.3, 0.4) is 0 Å². The van der Waals surface area contributed by atoms with Crippen molar-refractivity contribution in [3.05, 3.63) is 41.8 Å². The lowest BCUT2D eigenvalue weighted by molar-refractivity contribution is 0.177. The predicted octanol–water partition coefficient (Wildman–Crippen LogP) is 3.23. The van der Waals surface area contributed by atoms with E-state index in [0.29, 0.717) is 5.39 Å². The Balaban J connectivity index is 0.00000176. The molecule has 2 aromatic rings. The maximum Gasteiger partial charge on any atom is 0.132 e. The molecule has 0 aliphatic carbocycles. The number of benzene rings is 1. The molecule has 0 bridgehead atoms. The summed E-state index contributed by atoms with van der Waals surface area (Å²) in [4.78, 5) is 6.83. The highest BCUT2D eigenvalue weighted by Crippen LogP contribution is 2.23. The number of aromatic nitrogens is 1. The second kappa shape index (κ2) is 7.86. The quantitative estimate of drug-likeness (QED) is 0.936. The van der Waals surface area contributed by atoms with Crippen molar-refractivity contribution in [1.29, 1.82) is 0 Å². The van der Waals surface area contributed by atoms with Crippen LogP contribution in [0.1, 0.15) is 18.4 Å². The molecule has 1 aliphatic heterocycles. The molecule has 0 amide bonds. The zero-order valence-electron chi connectivity index (χ0n) is 12.9. The number of fused-ring (bicyclic) bond motifs is 1. The Bertz CT molecular complexity index is 612. The highest BCUT2D eigenvalue weighted by Gasteiger charge is 2.19. The Morgan fingerprint density at radius 3 is 2.77 bits per heavy atom. The minimum absolute atomic E-state index is 0. The van der Waals surface area contributed by atoms with Crippen molar-refractivity contribution in [1.82, 2.24) is 15.2 Å². The number of hydrogen-bond donors (Lipinski definition) is 1. The second-order valence-corrected chi connectivity index (χ2v) is 5.88. The molecule has 2 heterocycles. The first-order valence-electron chi connectivity index (χ1n) is 7.67. The molecule has 0 atom stereocenters. The van der Waals surface area contributed by atoms with Crippen molar-refractivity contribution in [3.63, 3.8) is 0 Å². The molecule has 1 aromatic heterocycles. The molecule has 3 rings (SSSR count). The summed E-state index contributed by atoms with van der Waals surface area (Å²) in [6.45, 7) is 4.19. The topological polar surface area (TPSA) is 28.2 Å². The fourth-order valence-electron chi connectivity index (χ4n) is 3.20. The van der Waals surface area contributed by atoms with E-state index >= 15 is 0 Å². The van der Waals surface area contributed by atoms with Crippen LogP contribution >= 0.6 is 12.4 Å². The summed E-state index contributed by atoms with van der Waals surface area (Å²) in [6.07, 6.45) is 4.20. The molecule has 120 valence electrons. The molecular formula is C17H23ClFN3. The average Bonchev–Trinajstić information content (AvgIpc) is 2.52. The van der Waals surface area contributed by atoms with E-state index in [1.165, 1.54) is 12.8 Å². The molecule has 22 heavy (non-hydrogen) atoms. The summed E-state index contributed by atoms with van der Waals surface area (Å²) in [6, 6.07) is 7.04. The Labute approximate surface area is 137 Å². The van der Waals surface area contributed by atoms with Crippen LogP contribution in [0.25, 0.3) is 10.9 Å². The smallest absolute Gasteiger partial charge is 0.132 e. The van der Waals surface area contributed by atoms with E-state index in [2.05, 4.69) is 15.2 Å². The fraction of sp³-hybridized carbons (Fsp3) is 0.471. The number of pyridine rings is 1. The summed E-state index contributed by atoms with van der Waals surface area (Å²) in [5.41, 5.74) is 1.92. The SMILES string of the molecule is CNCC1CCN(Cc2ccc(F)c3cccnc23)CC1.Cl. The third kappa shape index (κ3) is 3.75. The van der Waals surface area contributed by atoms with E-state index in [4.69, 9.17) is 0 Å². The van der Waals surface area contributed by atoms with Gasteiger partial charge < -0.3 is 5.32 Å². The van der Waals surface area contributed by atoms with Gasteiger partial charge in [0.2, 0.25) is 0 Å². The summed E-state index contributed by atoms with van der Waals surface area (Å²) in [7, 11) is 2.02. The van der Waals surface area contributed by atoms with Gasteiger partial charge in [0.1, 0.15) is 5.82 Å². The number of halogens is 2. The zero-order valence-corrected chi connectivity index (χ0v) is 13.7. The minimum atomic E-state index is -0.186. The molecule has 1 saturated heterocycles. The van der Waals surface area contributed by atoms with Gasteiger partial charge in [-0.2, -0.15) is 0 Å². The van der Waals surface area contributed by atoms with Crippen LogP contribution < -0.4 is 5.32 Å². The number of nitrogens with zero attached hydrogens (tertiary/aromatic N) is 2. The molecule has 1 aromatic carbocycles. The van der Waals surface area contributed by atoms with E-state index in [1.54, 1.807) is 24.4 Å². The molecule has 0 saturated carbocycles. The molecule has 3 nitrogen and oxygen atoms in total. The Kier molecular flexibility index (Phi) is 6.12. The predicted molar refractivity (Wildman–Crippen MR) is 90.9 cm³/mol. The van der Waals surface area contributed by atoms with Gasteiger partial charge in [-0.3, -0.25) is 9.88 Å². The standard InChI is InChI=1S/C17H22FN3.ClH/c1-19-11-13-6-9-21(10-7-13)12-14-4-5-16(18)15-3-2-8-20-17(14)15;/h2-5,8,13,19H,6-7,9-12H2,1H3;1H. The van der Waals surface area contributed by atoms with Gasteiger partial charge in [-0.15, -0.1) is 12.4 Å². The summed E-state index contributed by atoms with van der Waals surface area (Å²) >= 11 is 0. The molecule has 1 aliphatic rings. The third-order valence-corrected chi connectivity index (χ3v) is 4.39. The van der Waals surface area contributed by atoms with E-state index in [0.717, 1.165) is 43.2 Å². The highest BCUT2D eigenvalue weighted by atomic mass is 35.5. The van der Waals surface area contributed by atoms with Crippen LogP contribution in [0, 0.1) is 11.7 Å². The molecule has 1 N–H and O–H groups in total. The maximum absolute atomic E-state index is 13.8. The van der Waals surface area contributed by atoms with Gasteiger partial charge in [0.05, 0.1) is 5.52 Å². The van der Waals surface area contributed by atoms with Gasteiger partial charge >= 0.3 is 0 Å². The number of likely N-dealkylation sites (tertiary alicyclic amines) is 1. The Morgan fingerprint density at radius 2 is 2.05 bits per heavy atom. The van der Waals surface area contributed by atoms with Gasteiger partial charge in [-0.1, -0.05) is 6.07 Å². The minimum Gasteiger partial charge on any atom is -0.319 e. The van der Waals surface area contributed by atoms with Crippen LogP contribution in [0.2, 0.25) is 0 Å². The molecule has 1 fully saturated rings. The number of hydrogen-bond acceptors (Lipinski definition) is 3. The first-order valence-corrected chi connectivity index (χ1v) is 7.67. The lowest BCUT2D eigenvalue weighted by Gasteiger charge is -2.32. The lowest BCUT2D eigenvalue weighted by Crippen LogP contribution is -2.36. The lowest BCUT2D eigenvalue weighted by atomic mass is 9.96. The Morgan fingerprint density at radius 1 is 1.27 bits per heavy atom. The monoisotopic (exact) mass is 323 g/mol. The van der Waals surface area contributed by atoms with Crippen molar-refractivity contribution >= 4 is 23.3 Å². The van der Waals surface area contributed by atoms with E-state index in [-0.39, 0.29) is 18.2 Å². The summed E-state index contributed by atoms with van der Waals surface area (Å²) in [5, 5.41) is 3.89. The van der Waals surface area contributed by atoms with E-state index < -0.39 is 0 Å². The van der Waals surface area contributed by atoms with E-state index in [1.807, 2.05) is 13.1 Å². The normalized spacial score (nSPS) is 16.6. The molecule has 5 heteroatoms. The van der Waals surface area contributed by atoms with Crippen LogP contribution in [-0.4, -0.2) is 36.6 Å². The van der Waals surface area contributed by atoms with E-state index in [9.17, 15) is 4.39 Å². The van der Waals surface area contributed by atoms with Crippen LogP contribution in [0.4, 0.5) is 4.39 Å². The highest BCUT2D eigenvalue weighted by molar-refractivity contribution is 5.85. The Hall–Kier alpha value is -1.23. The number of rotatable bonds is 4. The van der Waals surface area contributed by atoms with Gasteiger partial charge in [0, 0.05) is 18.1 Å². The zero-order chi connectivity index (χ0) is 14.7. The van der Waals surface area contributed by atoms with Crippen molar-refractivity contribution in [2.24, 2.45) is 5.92 Å². The number of piperidine rings is 1. The van der Waals surface area contributed by atoms with Crippen LogP contribution in [0.5, 0.6) is 0 Å². The van der Waals surface area contributed by atoms with Crippen LogP contribution in [-0.2, 0) is 6.54 Å². The molecule has 0 spiro atoms. The second-order valence-electron chi connectivity index (χ2n) is 5.88. The summed E-state index contributed by atoms with van der Waals surface area (Å²) in [5.74, 6) is 0.601. The fourth-order valence-corrected chi connectivity index (χ4v) is 3.20. The van der Waals surface area contributed by atoms with Crippen molar-refractivity contribution in [3.8, 4) is 0 Å². The van der Waals surface area contributed by atoms with Gasteiger partial charge in [0.25, 0.3) is 0 Å². The van der Waals surface area contributed by atoms with Crippen LogP contribution in [0.15, 0.2) is 30.5 Å². The van der Waals surface area contributed by atoms with Crippen molar-refractivity contribution < 1.29 is 4.39 Å². The molecule has 0 radical (unpaired) electrons. The summed E-state index contributed by atoms with van der Waals surface area (Å²) < 4.78 is 13.8. The molecular weight excluding hydrogens is 301 g/mol. The maximum atomic E-state index is 13.8. The van der Waals surface area contributed by atoms with Crippen molar-refractivity contribution in [2.75, 3.05) is 26.7 Å². The third-order valence-electron chi connectivity index (χ3n) is 4.39. The number of nitrogens with one attached hydrogen (secondary N) is 1. The van der Waals surface area contributed by atoms with Gasteiger partial charge in [-0.25, -0.2) is 4.39 Å². The van der Waals surface area contributed by atoms with Gasteiger partial charge in [-0.05, 0) is 69.2 Å².